The van der Waals surface area contributed by atoms with Crippen molar-refractivity contribution >= 4 is 28.5 Å². The highest BCUT2D eigenvalue weighted by molar-refractivity contribution is 5.99. The molecule has 7 nitrogen and oxygen atoms in total. The summed E-state index contributed by atoms with van der Waals surface area (Å²) < 4.78 is 5.87. The van der Waals surface area contributed by atoms with Crippen molar-refractivity contribution in [1.29, 1.82) is 0 Å². The van der Waals surface area contributed by atoms with Gasteiger partial charge in [-0.2, -0.15) is 0 Å². The van der Waals surface area contributed by atoms with Crippen LogP contribution >= 0.6 is 0 Å². The normalized spacial score (nSPS) is 10.6. The molecule has 0 radical (unpaired) electrons. The third-order valence-electron chi connectivity index (χ3n) is 5.20. The summed E-state index contributed by atoms with van der Waals surface area (Å²) in [7, 11) is 1.58. The lowest BCUT2D eigenvalue weighted by atomic mass is 10.1. The van der Waals surface area contributed by atoms with E-state index in [9.17, 15) is 9.59 Å². The number of hydrogen-bond donors (Lipinski definition) is 4. The highest BCUT2D eigenvalue weighted by atomic mass is 16.5. The van der Waals surface area contributed by atoms with E-state index in [0.717, 1.165) is 27.8 Å². The highest BCUT2D eigenvalue weighted by Crippen LogP contribution is 2.20. The molecule has 1 heterocycles. The Morgan fingerprint density at radius 2 is 1.73 bits per heavy atom. The van der Waals surface area contributed by atoms with Gasteiger partial charge in [0.15, 0.2) is 0 Å². The van der Waals surface area contributed by atoms with Crippen molar-refractivity contribution in [2.24, 2.45) is 0 Å². The molecule has 7 heteroatoms. The van der Waals surface area contributed by atoms with Crippen molar-refractivity contribution in [3.63, 3.8) is 0 Å². The smallest absolute Gasteiger partial charge is 0.319 e. The number of rotatable bonds is 8. The first kappa shape index (κ1) is 22.0. The number of aromatic amines is 1. The Hall–Kier alpha value is -4.26. The summed E-state index contributed by atoms with van der Waals surface area (Å²) in [4.78, 5) is 27.1. The zero-order valence-corrected chi connectivity index (χ0v) is 18.4. The van der Waals surface area contributed by atoms with E-state index in [1.165, 1.54) is 0 Å². The fourth-order valence-electron chi connectivity index (χ4n) is 3.49. The Bertz CT molecular complexity index is 1250. The number of carbonyl (C=O) groups excluding carboxylic acids is 2. The molecule has 0 aliphatic carbocycles. The minimum absolute atomic E-state index is 0.187. The van der Waals surface area contributed by atoms with Crippen molar-refractivity contribution in [2.45, 2.75) is 13.0 Å². The Balaban J connectivity index is 1.26. The topological polar surface area (TPSA) is 95.2 Å². The van der Waals surface area contributed by atoms with Gasteiger partial charge in [-0.15, -0.1) is 0 Å². The largest absolute Gasteiger partial charge is 0.489 e. The maximum atomic E-state index is 12.3. The number of benzene rings is 3. The van der Waals surface area contributed by atoms with Crippen LogP contribution in [0.5, 0.6) is 5.75 Å². The average Bonchev–Trinajstić information content (AvgIpc) is 3.27. The van der Waals surface area contributed by atoms with E-state index < -0.39 is 0 Å². The van der Waals surface area contributed by atoms with E-state index in [4.69, 9.17) is 4.74 Å². The second-order valence-electron chi connectivity index (χ2n) is 7.62. The molecule has 4 N–H and O–H groups in total. The van der Waals surface area contributed by atoms with Gasteiger partial charge < -0.3 is 25.7 Å². The van der Waals surface area contributed by atoms with Gasteiger partial charge in [0.25, 0.3) is 5.91 Å². The van der Waals surface area contributed by atoms with Crippen LogP contribution < -0.4 is 20.7 Å². The number of aromatic nitrogens is 1. The van der Waals surface area contributed by atoms with Crippen LogP contribution in [0.1, 0.15) is 21.6 Å². The van der Waals surface area contributed by atoms with E-state index >= 15 is 0 Å². The Labute approximate surface area is 192 Å². The van der Waals surface area contributed by atoms with Gasteiger partial charge in [-0.25, -0.2) is 4.79 Å². The van der Waals surface area contributed by atoms with Crippen molar-refractivity contribution in [1.82, 2.24) is 15.6 Å². The predicted octanol–water partition coefficient (Wildman–Crippen LogP) is 4.47. The SMILES string of the molecule is CNC(=O)c1cc2cc(NC(=O)NCCc3cccc(OCc4ccccc4)c3)ccc2[nH]1. The summed E-state index contributed by atoms with van der Waals surface area (Å²) in [5, 5.41) is 9.14. The molecule has 4 rings (SSSR count). The van der Waals surface area contributed by atoms with Gasteiger partial charge in [-0.1, -0.05) is 42.5 Å². The molecule has 4 aromatic rings. The molecule has 33 heavy (non-hydrogen) atoms. The third kappa shape index (κ3) is 5.92. The summed E-state index contributed by atoms with van der Waals surface area (Å²) in [6.45, 7) is 1.00. The number of anilines is 1. The minimum Gasteiger partial charge on any atom is -0.489 e. The monoisotopic (exact) mass is 442 g/mol. The number of amides is 3. The summed E-state index contributed by atoms with van der Waals surface area (Å²) >= 11 is 0. The third-order valence-corrected chi connectivity index (χ3v) is 5.20. The van der Waals surface area contributed by atoms with Gasteiger partial charge in [-0.3, -0.25) is 4.79 Å². The second kappa shape index (κ2) is 10.4. The molecule has 0 saturated carbocycles. The van der Waals surface area contributed by atoms with Crippen LogP contribution in [-0.2, 0) is 13.0 Å². The van der Waals surface area contributed by atoms with E-state index in [2.05, 4.69) is 20.9 Å². The molecule has 0 aliphatic rings. The molecule has 0 fully saturated rings. The Morgan fingerprint density at radius 1 is 0.909 bits per heavy atom. The molecule has 0 unspecified atom stereocenters. The lowest BCUT2D eigenvalue weighted by Crippen LogP contribution is -2.30. The van der Waals surface area contributed by atoms with Gasteiger partial charge in [0.1, 0.15) is 18.1 Å². The second-order valence-corrected chi connectivity index (χ2v) is 7.62. The number of carbonyl (C=O) groups is 2. The van der Waals surface area contributed by atoms with Gasteiger partial charge in [0.05, 0.1) is 0 Å². The van der Waals surface area contributed by atoms with E-state index in [1.54, 1.807) is 19.2 Å². The van der Waals surface area contributed by atoms with Crippen molar-refractivity contribution in [2.75, 3.05) is 18.9 Å². The molecule has 168 valence electrons. The molecule has 0 atom stereocenters. The average molecular weight is 443 g/mol. The van der Waals surface area contributed by atoms with Crippen LogP contribution in [-0.4, -0.2) is 30.5 Å². The molecule has 1 aromatic heterocycles. The summed E-state index contributed by atoms with van der Waals surface area (Å²) in [6.07, 6.45) is 0.683. The minimum atomic E-state index is -0.284. The predicted molar refractivity (Wildman–Crippen MR) is 130 cm³/mol. The number of urea groups is 1. The fraction of sp³-hybridized carbons (Fsp3) is 0.154. The summed E-state index contributed by atoms with van der Waals surface area (Å²) in [6, 6.07) is 24.8. The van der Waals surface area contributed by atoms with Gasteiger partial charge in [-0.05, 0) is 53.9 Å². The standard InChI is InChI=1S/C26H26N4O3/c1-27-25(31)24-16-20-15-21(10-11-23(20)30-24)29-26(32)28-13-12-18-8-5-9-22(14-18)33-17-19-6-3-2-4-7-19/h2-11,14-16,30H,12-13,17H2,1H3,(H,27,31)(H2,28,29,32). The van der Waals surface area contributed by atoms with Crippen molar-refractivity contribution in [3.05, 3.63) is 95.7 Å². The van der Waals surface area contributed by atoms with Gasteiger partial charge in [0, 0.05) is 30.2 Å². The zero-order chi connectivity index (χ0) is 23.0. The molecule has 0 aliphatic heterocycles. The molecular weight excluding hydrogens is 416 g/mol. The van der Waals surface area contributed by atoms with Crippen LogP contribution in [0.3, 0.4) is 0 Å². The summed E-state index contributed by atoms with van der Waals surface area (Å²) in [5.74, 6) is 0.615. The van der Waals surface area contributed by atoms with Crippen LogP contribution in [0.25, 0.3) is 10.9 Å². The number of H-pyrrole nitrogens is 1. The maximum Gasteiger partial charge on any atom is 0.319 e. The van der Waals surface area contributed by atoms with Crippen LogP contribution in [0.2, 0.25) is 0 Å². The van der Waals surface area contributed by atoms with Gasteiger partial charge in [0.2, 0.25) is 0 Å². The number of ether oxygens (including phenoxy) is 1. The number of nitrogens with one attached hydrogen (secondary N) is 4. The molecule has 0 bridgehead atoms. The summed E-state index contributed by atoms with van der Waals surface area (Å²) in [5.41, 5.74) is 4.15. The molecule has 0 saturated heterocycles. The van der Waals surface area contributed by atoms with E-state index in [0.29, 0.717) is 31.0 Å². The quantitative estimate of drug-likeness (QED) is 0.324. The Morgan fingerprint density at radius 3 is 2.55 bits per heavy atom. The lowest BCUT2D eigenvalue weighted by Gasteiger charge is -2.10. The molecule has 0 spiro atoms. The van der Waals surface area contributed by atoms with Crippen molar-refractivity contribution in [3.8, 4) is 5.75 Å². The first-order valence-corrected chi connectivity index (χ1v) is 10.8. The first-order valence-electron chi connectivity index (χ1n) is 10.8. The molecule has 3 aromatic carbocycles. The van der Waals surface area contributed by atoms with E-state index in [-0.39, 0.29) is 11.9 Å². The maximum absolute atomic E-state index is 12.3. The Kier molecular flexibility index (Phi) is 6.90. The van der Waals surface area contributed by atoms with Crippen LogP contribution in [0, 0.1) is 0 Å². The first-order chi connectivity index (χ1) is 16.1. The number of fused-ring (bicyclic) bond motifs is 1. The zero-order valence-electron chi connectivity index (χ0n) is 18.4. The molecule has 3 amide bonds. The van der Waals surface area contributed by atoms with E-state index in [1.807, 2.05) is 66.7 Å². The lowest BCUT2D eigenvalue weighted by molar-refractivity contribution is 0.0959. The number of hydrogen-bond acceptors (Lipinski definition) is 3. The highest BCUT2D eigenvalue weighted by Gasteiger charge is 2.09. The molecular formula is C26H26N4O3. The van der Waals surface area contributed by atoms with Crippen LogP contribution in [0.4, 0.5) is 10.5 Å². The van der Waals surface area contributed by atoms with Crippen molar-refractivity contribution < 1.29 is 14.3 Å². The van der Waals surface area contributed by atoms with Gasteiger partial charge >= 0.3 is 6.03 Å². The van der Waals surface area contributed by atoms with Crippen LogP contribution in [0.15, 0.2) is 78.9 Å². The fourth-order valence-corrected chi connectivity index (χ4v) is 3.49.